The Morgan fingerprint density at radius 3 is 2.47 bits per heavy atom. The fourth-order valence-electron chi connectivity index (χ4n) is 2.57. The molecule has 0 saturated carbocycles. The van der Waals surface area contributed by atoms with Crippen molar-refractivity contribution in [3.05, 3.63) is 0 Å². The topological polar surface area (TPSA) is 58.8 Å². The lowest BCUT2D eigenvalue weighted by molar-refractivity contribution is -0.138. The third kappa shape index (κ3) is 5.47. The molecule has 1 atom stereocenters. The molecule has 0 aromatic carbocycles. The van der Waals surface area contributed by atoms with Gasteiger partial charge in [0.25, 0.3) is 0 Å². The van der Waals surface area contributed by atoms with Gasteiger partial charge in [0.2, 0.25) is 5.91 Å². The predicted octanol–water partition coefficient (Wildman–Crippen LogP) is 0.685. The van der Waals surface area contributed by atoms with Gasteiger partial charge in [0.15, 0.2) is 0 Å². The average Bonchev–Trinajstić information content (AvgIpc) is 2.45. The van der Waals surface area contributed by atoms with Crippen LogP contribution >= 0.6 is 0 Å². The number of nitrogens with two attached hydrogens (primary N) is 1. The molecule has 0 aliphatic carbocycles. The van der Waals surface area contributed by atoms with E-state index in [2.05, 4.69) is 11.8 Å². The summed E-state index contributed by atoms with van der Waals surface area (Å²) in [6.07, 6.45) is 3.13. The van der Waals surface area contributed by atoms with E-state index in [1.807, 2.05) is 11.8 Å². The monoisotopic (exact) mass is 271 g/mol. The Morgan fingerprint density at radius 2 is 1.95 bits per heavy atom. The smallest absolute Gasteiger partial charge is 0.248 e. The Bertz CT molecular complexity index is 253. The lowest BCUT2D eigenvalue weighted by Gasteiger charge is -2.39. The summed E-state index contributed by atoms with van der Waals surface area (Å²) in [4.78, 5) is 16.3. The van der Waals surface area contributed by atoms with Gasteiger partial charge < -0.3 is 15.4 Å². The van der Waals surface area contributed by atoms with Crippen LogP contribution in [0.15, 0.2) is 0 Å². The molecule has 5 heteroatoms. The lowest BCUT2D eigenvalue weighted by Crippen LogP contribution is -2.52. The van der Waals surface area contributed by atoms with Crippen LogP contribution in [0.3, 0.4) is 0 Å². The van der Waals surface area contributed by atoms with E-state index < -0.39 is 0 Å². The summed E-state index contributed by atoms with van der Waals surface area (Å²) in [6, 6.07) is 0.568. The van der Waals surface area contributed by atoms with Crippen LogP contribution in [-0.4, -0.2) is 67.7 Å². The van der Waals surface area contributed by atoms with Crippen LogP contribution in [0.25, 0.3) is 0 Å². The zero-order valence-corrected chi connectivity index (χ0v) is 12.4. The van der Waals surface area contributed by atoms with Crippen LogP contribution in [-0.2, 0) is 9.53 Å². The van der Waals surface area contributed by atoms with Gasteiger partial charge in [-0.3, -0.25) is 9.69 Å². The van der Waals surface area contributed by atoms with Gasteiger partial charge in [0.05, 0.1) is 0 Å². The van der Waals surface area contributed by atoms with Crippen molar-refractivity contribution in [1.29, 1.82) is 0 Å². The van der Waals surface area contributed by atoms with Gasteiger partial charge in [-0.05, 0) is 25.8 Å². The Kier molecular flexibility index (Phi) is 8.02. The number of hydrogen-bond acceptors (Lipinski definition) is 4. The highest BCUT2D eigenvalue weighted by atomic mass is 16.5. The molecule has 0 spiro atoms. The van der Waals surface area contributed by atoms with Crippen LogP contribution in [0.5, 0.6) is 0 Å². The second-order valence-electron chi connectivity index (χ2n) is 5.11. The molecule has 0 aromatic rings. The third-order valence-corrected chi connectivity index (χ3v) is 3.73. The highest BCUT2D eigenvalue weighted by Crippen LogP contribution is 2.12. The van der Waals surface area contributed by atoms with Gasteiger partial charge in [0.1, 0.15) is 6.61 Å². The Balaban J connectivity index is 2.29. The van der Waals surface area contributed by atoms with E-state index in [1.54, 1.807) is 0 Å². The minimum atomic E-state index is 0.125. The highest BCUT2D eigenvalue weighted by molar-refractivity contribution is 5.77. The first kappa shape index (κ1) is 16.4. The second-order valence-corrected chi connectivity index (χ2v) is 5.11. The summed E-state index contributed by atoms with van der Waals surface area (Å²) in [5, 5.41) is 0. The van der Waals surface area contributed by atoms with Crippen LogP contribution < -0.4 is 5.73 Å². The summed E-state index contributed by atoms with van der Waals surface area (Å²) in [6.45, 7) is 9.43. The van der Waals surface area contributed by atoms with Crippen LogP contribution in [0, 0.1) is 0 Å². The number of piperazine rings is 1. The number of nitrogens with zero attached hydrogens (tertiary/aromatic N) is 2. The predicted molar refractivity (Wildman–Crippen MR) is 77.0 cm³/mol. The van der Waals surface area contributed by atoms with E-state index in [9.17, 15) is 4.79 Å². The second kappa shape index (κ2) is 9.28. The molecule has 1 fully saturated rings. The van der Waals surface area contributed by atoms with Gasteiger partial charge in [-0.15, -0.1) is 0 Å². The van der Waals surface area contributed by atoms with Crippen molar-refractivity contribution < 1.29 is 9.53 Å². The number of amides is 1. The summed E-state index contributed by atoms with van der Waals surface area (Å²) in [5.41, 5.74) is 5.65. The van der Waals surface area contributed by atoms with Crippen molar-refractivity contribution in [1.82, 2.24) is 9.80 Å². The number of rotatable bonds is 8. The molecule has 1 unspecified atom stereocenters. The molecular formula is C14H29N3O2. The summed E-state index contributed by atoms with van der Waals surface area (Å²) < 4.78 is 5.31. The third-order valence-electron chi connectivity index (χ3n) is 3.73. The highest BCUT2D eigenvalue weighted by Gasteiger charge is 2.24. The van der Waals surface area contributed by atoms with Crippen molar-refractivity contribution in [2.75, 3.05) is 45.9 Å². The Hall–Kier alpha value is -0.650. The number of carbonyl (C=O) groups is 1. The summed E-state index contributed by atoms with van der Waals surface area (Å²) >= 11 is 0. The average molecular weight is 271 g/mol. The molecule has 0 radical (unpaired) electrons. The lowest BCUT2D eigenvalue weighted by atomic mass is 10.1. The van der Waals surface area contributed by atoms with E-state index in [-0.39, 0.29) is 12.5 Å². The molecule has 0 aromatic heterocycles. The molecule has 1 aliphatic rings. The van der Waals surface area contributed by atoms with Gasteiger partial charge in [0, 0.05) is 38.8 Å². The molecule has 1 aliphatic heterocycles. The van der Waals surface area contributed by atoms with Gasteiger partial charge in [-0.25, -0.2) is 0 Å². The maximum absolute atomic E-state index is 11.9. The summed E-state index contributed by atoms with van der Waals surface area (Å²) in [5.74, 6) is 0.125. The van der Waals surface area contributed by atoms with Crippen molar-refractivity contribution in [3.63, 3.8) is 0 Å². The molecule has 1 amide bonds. The van der Waals surface area contributed by atoms with Crippen molar-refractivity contribution >= 4 is 5.91 Å². The number of ether oxygens (including phenoxy) is 1. The first-order valence-electron chi connectivity index (χ1n) is 7.52. The molecule has 1 heterocycles. The van der Waals surface area contributed by atoms with E-state index in [4.69, 9.17) is 10.5 Å². The maximum Gasteiger partial charge on any atom is 0.248 e. The van der Waals surface area contributed by atoms with Crippen molar-refractivity contribution in [2.45, 2.75) is 39.2 Å². The molecule has 112 valence electrons. The molecular weight excluding hydrogens is 242 g/mol. The first-order valence-corrected chi connectivity index (χ1v) is 7.52. The van der Waals surface area contributed by atoms with Crippen LogP contribution in [0.2, 0.25) is 0 Å². The zero-order chi connectivity index (χ0) is 14.1. The van der Waals surface area contributed by atoms with Crippen molar-refractivity contribution in [3.8, 4) is 0 Å². The minimum Gasteiger partial charge on any atom is -0.372 e. The quantitative estimate of drug-likeness (QED) is 0.660. The number of hydrogen-bond donors (Lipinski definition) is 1. The maximum atomic E-state index is 11.9. The van der Waals surface area contributed by atoms with Crippen molar-refractivity contribution in [2.24, 2.45) is 5.73 Å². The largest absolute Gasteiger partial charge is 0.372 e. The molecule has 19 heavy (non-hydrogen) atoms. The standard InChI is InChI=1S/C14H29N3O2/c1-3-11-19-12-14(18)17-9-7-16(8-10-17)13(4-2)5-6-15/h13H,3-12,15H2,1-2H3. The van der Waals surface area contributed by atoms with E-state index in [1.165, 1.54) is 0 Å². The first-order chi connectivity index (χ1) is 9.22. The molecule has 1 rings (SSSR count). The zero-order valence-electron chi connectivity index (χ0n) is 12.4. The van der Waals surface area contributed by atoms with Gasteiger partial charge in [-0.1, -0.05) is 13.8 Å². The van der Waals surface area contributed by atoms with E-state index in [0.29, 0.717) is 12.6 Å². The Morgan fingerprint density at radius 1 is 1.26 bits per heavy atom. The molecule has 2 N–H and O–H groups in total. The SMILES string of the molecule is CCCOCC(=O)N1CCN(C(CC)CCN)CC1. The van der Waals surface area contributed by atoms with Crippen LogP contribution in [0.4, 0.5) is 0 Å². The summed E-state index contributed by atoms with van der Waals surface area (Å²) in [7, 11) is 0. The minimum absolute atomic E-state index is 0.125. The molecule has 1 saturated heterocycles. The fourth-order valence-corrected chi connectivity index (χ4v) is 2.57. The molecule has 5 nitrogen and oxygen atoms in total. The van der Waals surface area contributed by atoms with E-state index in [0.717, 1.165) is 52.0 Å². The molecule has 0 bridgehead atoms. The van der Waals surface area contributed by atoms with Gasteiger partial charge in [-0.2, -0.15) is 0 Å². The number of carbonyl (C=O) groups excluding carboxylic acids is 1. The van der Waals surface area contributed by atoms with Crippen LogP contribution in [0.1, 0.15) is 33.1 Å². The van der Waals surface area contributed by atoms with E-state index >= 15 is 0 Å². The Labute approximate surface area is 117 Å². The fraction of sp³-hybridized carbons (Fsp3) is 0.929. The normalized spacial score (nSPS) is 18.6. The van der Waals surface area contributed by atoms with Gasteiger partial charge >= 0.3 is 0 Å².